The highest BCUT2D eigenvalue weighted by Crippen LogP contribution is 2.25. The number of methoxy groups -OCH3 is 1. The van der Waals surface area contributed by atoms with Crippen molar-refractivity contribution in [3.8, 4) is 5.75 Å². The fourth-order valence-corrected chi connectivity index (χ4v) is 1.70. The van der Waals surface area contributed by atoms with E-state index in [4.69, 9.17) is 5.11 Å². The van der Waals surface area contributed by atoms with E-state index in [-0.39, 0.29) is 6.61 Å². The number of benzene rings is 1. The molecule has 0 fully saturated rings. The summed E-state index contributed by atoms with van der Waals surface area (Å²) in [6, 6.07) is 3.70. The molecule has 0 saturated heterocycles. The molecule has 0 heterocycles. The van der Waals surface area contributed by atoms with Gasteiger partial charge < -0.3 is 19.9 Å². The van der Waals surface area contributed by atoms with E-state index in [2.05, 4.69) is 14.8 Å². The van der Waals surface area contributed by atoms with Gasteiger partial charge in [0.25, 0.3) is 0 Å². The molecule has 22 heavy (non-hydrogen) atoms. The van der Waals surface area contributed by atoms with E-state index >= 15 is 0 Å². The van der Waals surface area contributed by atoms with Crippen molar-refractivity contribution in [1.82, 2.24) is 5.32 Å². The Labute approximate surface area is 123 Å². The van der Waals surface area contributed by atoms with E-state index in [0.29, 0.717) is 5.56 Å². The Morgan fingerprint density at radius 1 is 1.27 bits per heavy atom. The van der Waals surface area contributed by atoms with Crippen LogP contribution in [0, 0.1) is 0 Å². The highest BCUT2D eigenvalue weighted by Gasteiger charge is 2.31. The maximum atomic E-state index is 12.1. The molecule has 1 unspecified atom stereocenters. The molecule has 2 N–H and O–H groups in total. The number of carbonyl (C=O) groups excluding carboxylic acids is 1. The molecule has 6 nitrogen and oxygen atoms in total. The van der Waals surface area contributed by atoms with Crippen LogP contribution in [0.3, 0.4) is 0 Å². The van der Waals surface area contributed by atoms with Crippen molar-refractivity contribution in [2.45, 2.75) is 18.8 Å². The first kappa shape index (κ1) is 17.8. The number of hydrogen-bond acceptors (Lipinski definition) is 4. The van der Waals surface area contributed by atoms with Crippen LogP contribution in [0.2, 0.25) is 0 Å². The number of rotatable bonds is 7. The molecular formula is C13H14F3NO5. The summed E-state index contributed by atoms with van der Waals surface area (Å²) in [4.78, 5) is 22.3. The molecule has 0 aliphatic carbocycles. The van der Waals surface area contributed by atoms with Gasteiger partial charge in [-0.25, -0.2) is 0 Å². The van der Waals surface area contributed by atoms with Crippen molar-refractivity contribution in [2.75, 3.05) is 13.7 Å². The smallest absolute Gasteiger partial charge is 0.481 e. The molecule has 9 heteroatoms. The third kappa shape index (κ3) is 6.44. The highest BCUT2D eigenvalue weighted by atomic mass is 19.4. The summed E-state index contributed by atoms with van der Waals surface area (Å²) in [7, 11) is 1.30. The number of ether oxygens (including phenoxy) is 2. The number of aliphatic carboxylic acids is 1. The molecule has 1 atom stereocenters. The predicted octanol–water partition coefficient (Wildman–Crippen LogP) is 1.86. The fraction of sp³-hybridized carbons (Fsp3) is 0.385. The lowest BCUT2D eigenvalue weighted by Gasteiger charge is -2.18. The number of carbonyl (C=O) groups is 2. The van der Waals surface area contributed by atoms with Crippen LogP contribution in [0.1, 0.15) is 18.0 Å². The second kappa shape index (κ2) is 7.64. The van der Waals surface area contributed by atoms with Crippen LogP contribution >= 0.6 is 0 Å². The normalized spacial score (nSPS) is 12.5. The van der Waals surface area contributed by atoms with E-state index < -0.39 is 36.5 Å². The van der Waals surface area contributed by atoms with Gasteiger partial charge in [0.15, 0.2) is 0 Å². The minimum absolute atomic E-state index is 0.259. The molecule has 0 saturated carbocycles. The Balaban J connectivity index is 2.85. The summed E-state index contributed by atoms with van der Waals surface area (Å²) in [6.07, 6.45) is -5.23. The summed E-state index contributed by atoms with van der Waals surface area (Å²) in [5.74, 6) is -2.14. The summed E-state index contributed by atoms with van der Waals surface area (Å²) in [5.41, 5.74) is 0.335. The van der Waals surface area contributed by atoms with Gasteiger partial charge in [0.05, 0.1) is 12.5 Å². The van der Waals surface area contributed by atoms with E-state index in [1.807, 2.05) is 0 Å². The summed E-state index contributed by atoms with van der Waals surface area (Å²) < 4.78 is 44.5. The zero-order valence-electron chi connectivity index (χ0n) is 11.5. The van der Waals surface area contributed by atoms with Crippen LogP contribution in [0.25, 0.3) is 0 Å². The maximum absolute atomic E-state index is 12.1. The minimum atomic E-state index is -4.81. The minimum Gasteiger partial charge on any atom is -0.481 e. The Hall–Kier alpha value is -2.29. The van der Waals surface area contributed by atoms with Gasteiger partial charge in [-0.15, -0.1) is 13.2 Å². The number of nitrogens with one attached hydrogen (secondary N) is 1. The molecule has 0 aromatic heterocycles. The molecule has 1 aromatic carbocycles. The van der Waals surface area contributed by atoms with Gasteiger partial charge >= 0.3 is 12.3 Å². The molecule has 0 aliphatic heterocycles. The monoisotopic (exact) mass is 321 g/mol. The standard InChI is InChI=1S/C13H14F3NO5/c1-21-7-11(18)17-10(6-12(19)20)8-2-4-9(5-3-8)22-13(14,15)16/h2-5,10H,6-7H2,1H3,(H,17,18)(H,19,20). The van der Waals surface area contributed by atoms with Gasteiger partial charge in [0.2, 0.25) is 5.91 Å². The lowest BCUT2D eigenvalue weighted by Crippen LogP contribution is -2.32. The van der Waals surface area contributed by atoms with Crippen molar-refractivity contribution < 1.29 is 37.3 Å². The van der Waals surface area contributed by atoms with Gasteiger partial charge in [-0.05, 0) is 17.7 Å². The largest absolute Gasteiger partial charge is 0.573 e. The van der Waals surface area contributed by atoms with Crippen LogP contribution in [0.15, 0.2) is 24.3 Å². The van der Waals surface area contributed by atoms with E-state index in [1.54, 1.807) is 0 Å². The molecule has 0 aliphatic rings. The average molecular weight is 321 g/mol. The first-order valence-corrected chi connectivity index (χ1v) is 6.07. The van der Waals surface area contributed by atoms with Gasteiger partial charge in [-0.1, -0.05) is 12.1 Å². The van der Waals surface area contributed by atoms with E-state index in [0.717, 1.165) is 12.1 Å². The Morgan fingerprint density at radius 3 is 2.32 bits per heavy atom. The van der Waals surface area contributed by atoms with Crippen molar-refractivity contribution >= 4 is 11.9 Å². The van der Waals surface area contributed by atoms with Crippen LogP contribution < -0.4 is 10.1 Å². The summed E-state index contributed by atoms with van der Waals surface area (Å²) in [5, 5.41) is 11.3. The van der Waals surface area contributed by atoms with Crippen LogP contribution in [-0.2, 0) is 14.3 Å². The van der Waals surface area contributed by atoms with Crippen molar-refractivity contribution in [2.24, 2.45) is 0 Å². The number of halogens is 3. The SMILES string of the molecule is COCC(=O)NC(CC(=O)O)c1ccc(OC(F)(F)F)cc1. The third-order valence-corrected chi connectivity index (χ3v) is 2.51. The van der Waals surface area contributed by atoms with Crippen molar-refractivity contribution in [3.05, 3.63) is 29.8 Å². The van der Waals surface area contributed by atoms with Gasteiger partial charge in [-0.2, -0.15) is 0 Å². The molecule has 1 aromatic rings. The zero-order chi connectivity index (χ0) is 16.8. The molecule has 1 amide bonds. The van der Waals surface area contributed by atoms with E-state index in [1.165, 1.54) is 19.2 Å². The second-order valence-corrected chi connectivity index (χ2v) is 4.27. The third-order valence-electron chi connectivity index (χ3n) is 2.51. The summed E-state index contributed by atoms with van der Waals surface area (Å²) >= 11 is 0. The fourth-order valence-electron chi connectivity index (χ4n) is 1.70. The van der Waals surface area contributed by atoms with Crippen molar-refractivity contribution in [1.29, 1.82) is 0 Å². The number of carboxylic acids is 1. The Kier molecular flexibility index (Phi) is 6.17. The Bertz CT molecular complexity index is 515. The van der Waals surface area contributed by atoms with Gasteiger partial charge in [0, 0.05) is 7.11 Å². The topological polar surface area (TPSA) is 84.9 Å². The molecule has 122 valence electrons. The van der Waals surface area contributed by atoms with Crippen molar-refractivity contribution in [3.63, 3.8) is 0 Å². The average Bonchev–Trinajstić information content (AvgIpc) is 2.36. The first-order valence-electron chi connectivity index (χ1n) is 6.07. The lowest BCUT2D eigenvalue weighted by molar-refractivity contribution is -0.274. The first-order chi connectivity index (χ1) is 10.2. The molecule has 0 radical (unpaired) electrons. The van der Waals surface area contributed by atoms with Crippen LogP contribution in [0.4, 0.5) is 13.2 Å². The second-order valence-electron chi connectivity index (χ2n) is 4.27. The zero-order valence-corrected chi connectivity index (χ0v) is 11.5. The van der Waals surface area contributed by atoms with E-state index in [9.17, 15) is 22.8 Å². The molecule has 1 rings (SSSR count). The van der Waals surface area contributed by atoms with Gasteiger partial charge in [-0.3, -0.25) is 9.59 Å². The number of hydrogen-bond donors (Lipinski definition) is 2. The van der Waals surface area contributed by atoms with Crippen LogP contribution in [-0.4, -0.2) is 37.1 Å². The quantitative estimate of drug-likeness (QED) is 0.801. The Morgan fingerprint density at radius 2 is 1.86 bits per heavy atom. The predicted molar refractivity (Wildman–Crippen MR) is 68.1 cm³/mol. The number of alkyl halides is 3. The highest BCUT2D eigenvalue weighted by molar-refractivity contribution is 5.78. The molecular weight excluding hydrogens is 307 g/mol. The van der Waals surface area contributed by atoms with Crippen LogP contribution in [0.5, 0.6) is 5.75 Å². The van der Waals surface area contributed by atoms with Gasteiger partial charge in [0.1, 0.15) is 12.4 Å². The molecule has 0 spiro atoms. The summed E-state index contributed by atoms with van der Waals surface area (Å²) in [6.45, 7) is -0.259. The maximum Gasteiger partial charge on any atom is 0.573 e. The molecule has 0 bridgehead atoms. The lowest BCUT2D eigenvalue weighted by atomic mass is 10.0. The number of amides is 1. The number of carboxylic acid groups (broad SMARTS) is 1.